The molecule has 62 heavy (non-hydrogen) atoms. The number of hydrogen-bond acceptors (Lipinski definition) is 5. The molecule has 4 aliphatic heterocycles. The van der Waals surface area contributed by atoms with Crippen molar-refractivity contribution in [1.82, 2.24) is 0 Å². The van der Waals surface area contributed by atoms with Crippen LogP contribution in [0.5, 0.6) is 11.5 Å². The maximum Gasteiger partial charge on any atom is 0.266 e. The lowest BCUT2D eigenvalue weighted by Crippen LogP contribution is -2.32. The van der Waals surface area contributed by atoms with Crippen LogP contribution in [0.25, 0.3) is 0 Å². The van der Waals surface area contributed by atoms with Crippen molar-refractivity contribution in [2.45, 2.75) is 119 Å². The van der Waals surface area contributed by atoms with Crippen LogP contribution in [-0.4, -0.2) is 23.0 Å². The number of anilines is 2. The van der Waals surface area contributed by atoms with Crippen LogP contribution in [0, 0.1) is 55.4 Å². The number of hydrogen-bond donors (Lipinski definition) is 0. The highest BCUT2D eigenvalue weighted by atomic mass is 16.5. The van der Waals surface area contributed by atoms with Gasteiger partial charge in [-0.25, -0.2) is 4.90 Å². The summed E-state index contributed by atoms with van der Waals surface area (Å²) in [4.78, 5) is 30.5. The third-order valence-electron chi connectivity index (χ3n) is 14.2. The first-order valence-electron chi connectivity index (χ1n) is 22.0. The summed E-state index contributed by atoms with van der Waals surface area (Å²) in [6.45, 7) is 27.7. The first kappa shape index (κ1) is 41.2. The lowest BCUT2D eigenvalue weighted by atomic mass is 9.78. The molecule has 2 amide bonds. The molecule has 0 fully saturated rings. The molecule has 6 heteroatoms. The molecule has 4 aliphatic rings. The Labute approximate surface area is 367 Å². The van der Waals surface area contributed by atoms with Crippen molar-refractivity contribution in [2.75, 3.05) is 9.80 Å². The number of imide groups is 1. The zero-order chi connectivity index (χ0) is 44.2. The van der Waals surface area contributed by atoms with Crippen molar-refractivity contribution < 1.29 is 19.1 Å². The minimum absolute atomic E-state index is 0.00803. The van der Waals surface area contributed by atoms with E-state index in [1.807, 2.05) is 20.8 Å². The second kappa shape index (κ2) is 14.8. The van der Waals surface area contributed by atoms with Gasteiger partial charge < -0.3 is 14.4 Å². The van der Waals surface area contributed by atoms with E-state index in [0.717, 1.165) is 46.8 Å². The highest BCUT2D eigenvalue weighted by Gasteiger charge is 2.48. The molecule has 0 spiro atoms. The topological polar surface area (TPSA) is 59.1 Å². The Morgan fingerprint density at radius 3 is 1.26 bits per heavy atom. The van der Waals surface area contributed by atoms with Crippen molar-refractivity contribution in [3.05, 3.63) is 186 Å². The van der Waals surface area contributed by atoms with E-state index in [0.29, 0.717) is 16.8 Å². The number of carbonyl (C=O) groups excluding carboxylic acids is 2. The summed E-state index contributed by atoms with van der Waals surface area (Å²) in [6.07, 6.45) is 0. The summed E-state index contributed by atoms with van der Waals surface area (Å²) < 4.78 is 13.2. The number of benzene rings is 6. The monoisotopic (exact) mass is 822 g/mol. The van der Waals surface area contributed by atoms with Crippen LogP contribution < -0.4 is 19.3 Å². The molecular formula is C56H58N2O4. The normalized spacial score (nSPS) is 18.7. The van der Waals surface area contributed by atoms with Crippen LogP contribution >= 0.6 is 0 Å². The summed E-state index contributed by atoms with van der Waals surface area (Å²) >= 11 is 0. The van der Waals surface area contributed by atoms with Crippen LogP contribution in [0.2, 0.25) is 0 Å². The van der Waals surface area contributed by atoms with Crippen molar-refractivity contribution in [1.29, 1.82) is 0 Å². The third-order valence-corrected chi connectivity index (χ3v) is 14.2. The number of rotatable bonds is 4. The maximum atomic E-state index is 13.3. The highest BCUT2D eigenvalue weighted by molar-refractivity contribution is 6.35. The molecule has 0 radical (unpaired) electrons. The first-order chi connectivity index (χ1) is 29.4. The van der Waals surface area contributed by atoms with Crippen LogP contribution in [0.1, 0.15) is 138 Å². The lowest BCUT2D eigenvalue weighted by Gasteiger charge is -2.28. The minimum atomic E-state index is -0.458. The number of ether oxygens (including phenoxy) is 2. The van der Waals surface area contributed by atoms with Gasteiger partial charge in [0.25, 0.3) is 11.8 Å². The number of fused-ring (bicyclic) bond motifs is 4. The average Bonchev–Trinajstić information content (AvgIpc) is 3.95. The van der Waals surface area contributed by atoms with Gasteiger partial charge in [-0.2, -0.15) is 0 Å². The zero-order valence-corrected chi connectivity index (χ0v) is 38.3. The van der Waals surface area contributed by atoms with E-state index in [1.165, 1.54) is 66.2 Å². The highest BCUT2D eigenvalue weighted by Crippen LogP contribution is 2.56. The van der Waals surface area contributed by atoms with Gasteiger partial charge in [0.2, 0.25) is 0 Å². The summed E-state index contributed by atoms with van der Waals surface area (Å²) in [7, 11) is 0. The molecule has 10 rings (SSSR count). The van der Waals surface area contributed by atoms with Gasteiger partial charge in [-0.15, -0.1) is 0 Å². The molecule has 0 saturated heterocycles. The van der Waals surface area contributed by atoms with Crippen molar-refractivity contribution in [2.24, 2.45) is 0 Å². The van der Waals surface area contributed by atoms with Crippen molar-refractivity contribution in [3.8, 4) is 11.5 Å². The van der Waals surface area contributed by atoms with E-state index in [9.17, 15) is 9.59 Å². The molecule has 0 aromatic heterocycles. The zero-order valence-electron chi connectivity index (χ0n) is 38.3. The van der Waals surface area contributed by atoms with E-state index in [1.54, 1.807) is 24.3 Å². The van der Waals surface area contributed by atoms with Crippen LogP contribution in [0.3, 0.4) is 0 Å². The molecule has 6 aromatic rings. The molecule has 4 heterocycles. The van der Waals surface area contributed by atoms with Crippen molar-refractivity contribution >= 4 is 23.2 Å². The summed E-state index contributed by atoms with van der Waals surface area (Å²) in [5.41, 5.74) is 19.4. The van der Waals surface area contributed by atoms with E-state index in [-0.39, 0.29) is 29.3 Å². The second-order valence-electron chi connectivity index (χ2n) is 19.1. The summed E-state index contributed by atoms with van der Waals surface area (Å²) in [5, 5.41) is 0. The first-order valence-corrected chi connectivity index (χ1v) is 22.0. The summed E-state index contributed by atoms with van der Waals surface area (Å²) in [6, 6.07) is 33.4. The Morgan fingerprint density at radius 1 is 0.468 bits per heavy atom. The molecule has 6 nitrogen and oxygen atoms in total. The second-order valence-corrected chi connectivity index (χ2v) is 19.1. The Hall–Kier alpha value is -6.14. The molecule has 0 saturated carbocycles. The van der Waals surface area contributed by atoms with Gasteiger partial charge in [-0.05, 0) is 151 Å². The van der Waals surface area contributed by atoms with Gasteiger partial charge in [0, 0.05) is 29.9 Å². The molecule has 0 bridgehead atoms. The maximum absolute atomic E-state index is 13.3. The number of aryl methyl sites for hydroxylation is 2. The fraction of sp³-hybridized carbons (Fsp3) is 0.321. The molecule has 2 atom stereocenters. The molecule has 316 valence electrons. The number of amides is 2. The largest absolute Gasteiger partial charge is 0.486 e. The number of nitrogens with zero attached hydrogens (tertiary/aromatic N) is 2. The smallest absolute Gasteiger partial charge is 0.266 e. The average molecular weight is 823 g/mol. The van der Waals surface area contributed by atoms with Gasteiger partial charge >= 0.3 is 0 Å². The Morgan fingerprint density at radius 2 is 0.839 bits per heavy atom. The third kappa shape index (κ3) is 6.36. The number of carbonyl (C=O) groups is 2. The van der Waals surface area contributed by atoms with Gasteiger partial charge in [0.1, 0.15) is 22.7 Å². The molecular weight excluding hydrogens is 765 g/mol. The molecule has 6 aromatic carbocycles. The van der Waals surface area contributed by atoms with Crippen LogP contribution in [0.4, 0.5) is 11.4 Å². The standard InChI is InChI=1S/C28H27NO3.C28H31NO/c1-15-11-13-19(14-12-15)23-22-18(4)24(16(2)17(3)25(22)32-28(23,5)6)29-26(30)20-9-7-8-10-21(20)27(29)31;1-17-11-13-21(14-12-17)25-24-20(4)26(18(2)19(3)27(24)30-28(25,5)6)29-15-22-9-7-8-10-23(22)16-29/h7-14,23H,1-6H3;7-14,25H,15-16H2,1-6H3. The van der Waals surface area contributed by atoms with Crippen LogP contribution in [-0.2, 0) is 13.1 Å². The summed E-state index contributed by atoms with van der Waals surface area (Å²) in [5.74, 6) is 1.67. The Balaban J connectivity index is 0.000000158. The van der Waals surface area contributed by atoms with E-state index >= 15 is 0 Å². The fourth-order valence-electron chi connectivity index (χ4n) is 10.9. The van der Waals surface area contributed by atoms with Gasteiger partial charge in [0.15, 0.2) is 0 Å². The predicted molar refractivity (Wildman–Crippen MR) is 251 cm³/mol. The van der Waals surface area contributed by atoms with Crippen molar-refractivity contribution in [3.63, 3.8) is 0 Å². The Kier molecular flexibility index (Phi) is 9.81. The van der Waals surface area contributed by atoms with Crippen LogP contribution in [0.15, 0.2) is 97.1 Å². The lowest BCUT2D eigenvalue weighted by molar-refractivity contribution is 0.0925. The predicted octanol–water partition coefficient (Wildman–Crippen LogP) is 12.8. The fourth-order valence-corrected chi connectivity index (χ4v) is 10.9. The van der Waals surface area contributed by atoms with Gasteiger partial charge in [0.05, 0.1) is 28.7 Å². The quantitative estimate of drug-likeness (QED) is 0.166. The van der Waals surface area contributed by atoms with E-state index < -0.39 is 5.60 Å². The van der Waals surface area contributed by atoms with E-state index in [2.05, 4.69) is 140 Å². The Bertz CT molecular complexity index is 2770. The molecule has 0 N–H and O–H groups in total. The SMILES string of the molecule is Cc1ccc(C2c3c(C)c(N4C(=O)c5ccccc5C4=O)c(C)c(C)c3OC2(C)C)cc1.Cc1ccc(C2c3c(C)c(N4Cc5ccccc5C4)c(C)c(C)c3OC2(C)C)cc1. The molecule has 0 aliphatic carbocycles. The van der Waals surface area contributed by atoms with E-state index in [4.69, 9.17) is 9.47 Å². The molecule has 2 unspecified atom stereocenters. The van der Waals surface area contributed by atoms with Gasteiger partial charge in [-0.3, -0.25) is 9.59 Å². The minimum Gasteiger partial charge on any atom is -0.486 e. The van der Waals surface area contributed by atoms with Gasteiger partial charge in [-0.1, -0.05) is 96.1 Å².